The van der Waals surface area contributed by atoms with Gasteiger partial charge in [-0.1, -0.05) is 36.4 Å². The summed E-state index contributed by atoms with van der Waals surface area (Å²) in [5.74, 6) is -0.607. The van der Waals surface area contributed by atoms with Crippen LogP contribution in [0.2, 0.25) is 0 Å². The second-order valence-electron chi connectivity index (χ2n) is 6.08. The van der Waals surface area contributed by atoms with Gasteiger partial charge in [-0.05, 0) is 23.8 Å². The summed E-state index contributed by atoms with van der Waals surface area (Å²) in [7, 11) is -0.758. The Labute approximate surface area is 159 Å². The fraction of sp³-hybridized carbons (Fsp3) is 0.263. The fourth-order valence-corrected chi connectivity index (χ4v) is 3.23. The van der Waals surface area contributed by atoms with Crippen molar-refractivity contribution in [1.82, 2.24) is 14.9 Å². The first-order valence-electron chi connectivity index (χ1n) is 8.42. The largest absolute Gasteiger partial charge is 0.352 e. The first kappa shape index (κ1) is 20.6. The van der Waals surface area contributed by atoms with Gasteiger partial charge in [-0.25, -0.2) is 12.7 Å². The summed E-state index contributed by atoms with van der Waals surface area (Å²) in [6.45, 7) is 0.585. The quantitative estimate of drug-likeness (QED) is 0.713. The van der Waals surface area contributed by atoms with Crippen molar-refractivity contribution < 1.29 is 18.0 Å². The Kier molecular flexibility index (Phi) is 7.09. The van der Waals surface area contributed by atoms with Crippen molar-refractivity contribution in [3.05, 3.63) is 65.7 Å². The predicted molar refractivity (Wildman–Crippen MR) is 103 cm³/mol. The van der Waals surface area contributed by atoms with Crippen molar-refractivity contribution in [2.24, 2.45) is 0 Å². The van der Waals surface area contributed by atoms with Crippen molar-refractivity contribution in [2.45, 2.75) is 17.9 Å². The molecule has 0 aromatic heterocycles. The highest BCUT2D eigenvalue weighted by molar-refractivity contribution is 7.89. The highest BCUT2D eigenvalue weighted by Gasteiger charge is 2.18. The van der Waals surface area contributed by atoms with Crippen LogP contribution in [0, 0.1) is 0 Å². The highest BCUT2D eigenvalue weighted by atomic mass is 32.2. The lowest BCUT2D eigenvalue weighted by Crippen LogP contribution is -2.30. The minimum atomic E-state index is -3.61. The molecule has 0 unspecified atom stereocenters. The molecule has 0 bridgehead atoms. The molecule has 2 aromatic rings. The molecular formula is C19H23N3O4S. The van der Waals surface area contributed by atoms with E-state index in [1.807, 2.05) is 30.3 Å². The molecule has 144 valence electrons. The molecule has 0 heterocycles. The Bertz CT molecular complexity index is 896. The Balaban J connectivity index is 1.84. The summed E-state index contributed by atoms with van der Waals surface area (Å²) in [4.78, 5) is 24.1. The summed E-state index contributed by atoms with van der Waals surface area (Å²) in [6, 6.07) is 15.3. The predicted octanol–water partition coefficient (Wildman–Crippen LogP) is 1.37. The van der Waals surface area contributed by atoms with E-state index in [0.717, 1.165) is 9.87 Å². The van der Waals surface area contributed by atoms with E-state index in [2.05, 4.69) is 10.6 Å². The van der Waals surface area contributed by atoms with Crippen LogP contribution in [0.5, 0.6) is 0 Å². The summed E-state index contributed by atoms with van der Waals surface area (Å²) in [6.07, 6.45) is 0.133. The van der Waals surface area contributed by atoms with E-state index in [4.69, 9.17) is 0 Å². The standard InChI is InChI=1S/C19H23N3O4S/c1-22(2)27(25,26)17-10-6-9-16(13-17)19(24)20-12-11-18(23)21-14-15-7-4-3-5-8-15/h3-10,13H,11-12,14H2,1-2H3,(H,20,24)(H,21,23). The van der Waals surface area contributed by atoms with Crippen LogP contribution in [-0.2, 0) is 21.4 Å². The Hall–Kier alpha value is -2.71. The lowest BCUT2D eigenvalue weighted by atomic mass is 10.2. The number of carbonyl (C=O) groups excluding carboxylic acids is 2. The molecule has 2 aromatic carbocycles. The Morgan fingerprint density at radius 1 is 0.963 bits per heavy atom. The van der Waals surface area contributed by atoms with Crippen LogP contribution in [0.1, 0.15) is 22.3 Å². The Morgan fingerprint density at radius 2 is 1.67 bits per heavy atom. The summed E-state index contributed by atoms with van der Waals surface area (Å²) < 4.78 is 25.4. The summed E-state index contributed by atoms with van der Waals surface area (Å²) in [5.41, 5.74) is 1.22. The first-order valence-corrected chi connectivity index (χ1v) is 9.86. The average molecular weight is 389 g/mol. The van der Waals surface area contributed by atoms with Crippen LogP contribution in [0.3, 0.4) is 0 Å². The number of carbonyl (C=O) groups is 2. The summed E-state index contributed by atoms with van der Waals surface area (Å²) in [5, 5.41) is 5.41. The summed E-state index contributed by atoms with van der Waals surface area (Å²) >= 11 is 0. The third-order valence-corrected chi connectivity index (χ3v) is 5.66. The minimum absolute atomic E-state index is 0.0424. The zero-order valence-corrected chi connectivity index (χ0v) is 16.1. The molecule has 0 atom stereocenters. The molecule has 2 N–H and O–H groups in total. The number of hydrogen-bond acceptors (Lipinski definition) is 4. The smallest absolute Gasteiger partial charge is 0.251 e. The van der Waals surface area contributed by atoms with Crippen molar-refractivity contribution in [3.8, 4) is 0 Å². The average Bonchev–Trinajstić information content (AvgIpc) is 2.67. The zero-order valence-electron chi connectivity index (χ0n) is 15.3. The third kappa shape index (κ3) is 5.90. The van der Waals surface area contributed by atoms with E-state index < -0.39 is 15.9 Å². The van der Waals surface area contributed by atoms with Crippen LogP contribution in [0.15, 0.2) is 59.5 Å². The van der Waals surface area contributed by atoms with Gasteiger partial charge in [-0.2, -0.15) is 0 Å². The topological polar surface area (TPSA) is 95.6 Å². The van der Waals surface area contributed by atoms with Gasteiger partial charge in [0.25, 0.3) is 5.91 Å². The van der Waals surface area contributed by atoms with Crippen LogP contribution in [0.25, 0.3) is 0 Å². The molecule has 0 spiro atoms. The number of nitrogens with zero attached hydrogens (tertiary/aromatic N) is 1. The van der Waals surface area contributed by atoms with E-state index >= 15 is 0 Å². The monoisotopic (exact) mass is 389 g/mol. The molecule has 2 amide bonds. The van der Waals surface area contributed by atoms with Crippen molar-refractivity contribution in [3.63, 3.8) is 0 Å². The van der Waals surface area contributed by atoms with E-state index in [-0.39, 0.29) is 29.3 Å². The van der Waals surface area contributed by atoms with Crippen molar-refractivity contribution >= 4 is 21.8 Å². The lowest BCUT2D eigenvalue weighted by molar-refractivity contribution is -0.121. The first-order chi connectivity index (χ1) is 12.8. The van der Waals surface area contributed by atoms with Gasteiger partial charge in [0.1, 0.15) is 0 Å². The van der Waals surface area contributed by atoms with Gasteiger partial charge in [0.15, 0.2) is 0 Å². The maximum absolute atomic E-state index is 12.2. The molecule has 0 radical (unpaired) electrons. The number of sulfonamides is 1. The fourth-order valence-electron chi connectivity index (χ4n) is 2.29. The zero-order chi connectivity index (χ0) is 19.9. The molecule has 0 aliphatic heterocycles. The number of rotatable bonds is 8. The maximum Gasteiger partial charge on any atom is 0.251 e. The number of amides is 2. The molecule has 0 aliphatic rings. The second kappa shape index (κ2) is 9.29. The number of nitrogens with one attached hydrogen (secondary N) is 2. The minimum Gasteiger partial charge on any atom is -0.352 e. The molecule has 0 fully saturated rings. The van der Waals surface area contributed by atoms with Crippen LogP contribution in [-0.4, -0.2) is 45.2 Å². The molecule has 0 saturated heterocycles. The molecule has 7 nitrogen and oxygen atoms in total. The number of benzene rings is 2. The number of hydrogen-bond donors (Lipinski definition) is 2. The van der Waals surface area contributed by atoms with Gasteiger partial charge in [-0.3, -0.25) is 9.59 Å². The van der Waals surface area contributed by atoms with Gasteiger partial charge >= 0.3 is 0 Å². The molecule has 2 rings (SSSR count). The van der Waals surface area contributed by atoms with Gasteiger partial charge in [0, 0.05) is 39.2 Å². The van der Waals surface area contributed by atoms with Crippen LogP contribution >= 0.6 is 0 Å². The molecule has 0 aliphatic carbocycles. The van der Waals surface area contributed by atoms with Gasteiger partial charge in [0.05, 0.1) is 4.90 Å². The molecule has 0 saturated carbocycles. The van der Waals surface area contributed by atoms with Crippen molar-refractivity contribution in [2.75, 3.05) is 20.6 Å². The molecular weight excluding hydrogens is 366 g/mol. The highest BCUT2D eigenvalue weighted by Crippen LogP contribution is 2.14. The SMILES string of the molecule is CN(C)S(=O)(=O)c1cccc(C(=O)NCCC(=O)NCc2ccccc2)c1. The van der Waals surface area contributed by atoms with E-state index in [0.29, 0.717) is 6.54 Å². The van der Waals surface area contributed by atoms with Crippen LogP contribution in [0.4, 0.5) is 0 Å². The normalized spacial score (nSPS) is 11.2. The van der Waals surface area contributed by atoms with Crippen molar-refractivity contribution in [1.29, 1.82) is 0 Å². The third-order valence-electron chi connectivity index (χ3n) is 3.84. The van der Waals surface area contributed by atoms with Crippen LogP contribution < -0.4 is 10.6 Å². The second-order valence-corrected chi connectivity index (χ2v) is 8.24. The maximum atomic E-state index is 12.2. The van der Waals surface area contributed by atoms with Gasteiger partial charge < -0.3 is 10.6 Å². The van der Waals surface area contributed by atoms with Gasteiger partial charge in [-0.15, -0.1) is 0 Å². The van der Waals surface area contributed by atoms with E-state index in [9.17, 15) is 18.0 Å². The Morgan fingerprint density at radius 3 is 2.33 bits per heavy atom. The van der Waals surface area contributed by atoms with Gasteiger partial charge in [0.2, 0.25) is 15.9 Å². The van der Waals surface area contributed by atoms with E-state index in [1.165, 1.54) is 38.4 Å². The molecule has 27 heavy (non-hydrogen) atoms. The lowest BCUT2D eigenvalue weighted by Gasteiger charge is -2.12. The van der Waals surface area contributed by atoms with E-state index in [1.54, 1.807) is 0 Å². The molecule has 8 heteroatoms.